The van der Waals surface area contributed by atoms with Gasteiger partial charge < -0.3 is 4.98 Å². The lowest BCUT2D eigenvalue weighted by atomic mass is 10.3. The van der Waals surface area contributed by atoms with Crippen molar-refractivity contribution in [1.29, 1.82) is 5.26 Å². The molecule has 1 N–H and O–H groups in total. The number of rotatable bonds is 5. The van der Waals surface area contributed by atoms with Crippen molar-refractivity contribution in [1.82, 2.24) is 9.29 Å². The van der Waals surface area contributed by atoms with Gasteiger partial charge in [0.25, 0.3) is 10.0 Å². The lowest BCUT2D eigenvalue weighted by molar-refractivity contribution is 0.361. The molecule has 0 aromatic carbocycles. The molecule has 0 fully saturated rings. The van der Waals surface area contributed by atoms with E-state index in [0.29, 0.717) is 17.0 Å². The molecule has 8 heteroatoms. The van der Waals surface area contributed by atoms with Crippen molar-refractivity contribution in [3.63, 3.8) is 0 Å². The zero-order valence-corrected chi connectivity index (χ0v) is 12.1. The summed E-state index contributed by atoms with van der Waals surface area (Å²) in [4.78, 5) is 13.3. The number of H-pyrrole nitrogens is 1. The van der Waals surface area contributed by atoms with E-state index in [9.17, 15) is 13.2 Å². The van der Waals surface area contributed by atoms with E-state index in [1.165, 1.54) is 4.31 Å². The molecule has 1 aromatic heterocycles. The molecule has 0 spiro atoms. The van der Waals surface area contributed by atoms with Crippen molar-refractivity contribution in [2.45, 2.75) is 37.4 Å². The molecule has 0 amide bonds. The van der Waals surface area contributed by atoms with E-state index in [-0.39, 0.29) is 23.2 Å². The zero-order valence-electron chi connectivity index (χ0n) is 10.4. The molecule has 0 bridgehead atoms. The molecule has 1 rings (SSSR count). The van der Waals surface area contributed by atoms with Crippen LogP contribution >= 0.6 is 11.3 Å². The van der Waals surface area contributed by atoms with E-state index >= 15 is 0 Å². The van der Waals surface area contributed by atoms with Gasteiger partial charge in [0.05, 0.1) is 6.07 Å². The molecule has 1 aromatic rings. The Morgan fingerprint density at radius 2 is 2.11 bits per heavy atom. The Morgan fingerprint density at radius 1 is 1.50 bits per heavy atom. The summed E-state index contributed by atoms with van der Waals surface area (Å²) >= 11 is 0.677. The Balaban J connectivity index is 3.22. The number of aromatic amines is 1. The van der Waals surface area contributed by atoms with Crippen molar-refractivity contribution < 1.29 is 8.42 Å². The topological polar surface area (TPSA) is 94.0 Å². The normalized spacial score (nSPS) is 12.0. The van der Waals surface area contributed by atoms with E-state index in [1.807, 2.05) is 6.07 Å². The van der Waals surface area contributed by atoms with Gasteiger partial charge in [-0.25, -0.2) is 8.42 Å². The monoisotopic (exact) mass is 289 g/mol. The highest BCUT2D eigenvalue weighted by molar-refractivity contribution is 7.91. The van der Waals surface area contributed by atoms with Crippen LogP contribution in [0.25, 0.3) is 0 Å². The molecule has 0 aliphatic rings. The molecule has 6 nitrogen and oxygen atoms in total. The SMILES string of the molecule is Cc1[nH]c(=O)sc1S(=O)(=O)N(CCC#N)C(C)C. The van der Waals surface area contributed by atoms with Gasteiger partial charge in [0.15, 0.2) is 4.21 Å². The van der Waals surface area contributed by atoms with Gasteiger partial charge in [0, 0.05) is 24.7 Å². The summed E-state index contributed by atoms with van der Waals surface area (Å²) in [5.41, 5.74) is 0.340. The predicted octanol–water partition coefficient (Wildman–Crippen LogP) is 1.06. The van der Waals surface area contributed by atoms with Gasteiger partial charge in [0.2, 0.25) is 0 Å². The largest absolute Gasteiger partial charge is 0.315 e. The molecule has 0 saturated heterocycles. The van der Waals surface area contributed by atoms with Crippen molar-refractivity contribution in [3.05, 3.63) is 15.4 Å². The molecule has 0 radical (unpaired) electrons. The van der Waals surface area contributed by atoms with Crippen molar-refractivity contribution in [2.24, 2.45) is 0 Å². The molecular weight excluding hydrogens is 274 g/mol. The molecule has 1 heterocycles. The summed E-state index contributed by atoms with van der Waals surface area (Å²) in [6.45, 7) is 5.15. The van der Waals surface area contributed by atoms with Crippen molar-refractivity contribution in [2.75, 3.05) is 6.54 Å². The van der Waals surface area contributed by atoms with Crippen LogP contribution in [-0.4, -0.2) is 30.3 Å². The second kappa shape index (κ2) is 5.65. The van der Waals surface area contributed by atoms with Crippen LogP contribution in [-0.2, 0) is 10.0 Å². The fraction of sp³-hybridized carbons (Fsp3) is 0.600. The van der Waals surface area contributed by atoms with Gasteiger partial charge in [-0.05, 0) is 20.8 Å². The highest BCUT2D eigenvalue weighted by Crippen LogP contribution is 2.23. The summed E-state index contributed by atoms with van der Waals surface area (Å²) in [7, 11) is -3.71. The number of hydrogen-bond donors (Lipinski definition) is 1. The van der Waals surface area contributed by atoms with Crippen LogP contribution in [0.2, 0.25) is 0 Å². The number of nitrogens with one attached hydrogen (secondary N) is 1. The Morgan fingerprint density at radius 3 is 2.50 bits per heavy atom. The number of sulfonamides is 1. The molecule has 100 valence electrons. The van der Waals surface area contributed by atoms with Crippen molar-refractivity contribution >= 4 is 21.4 Å². The maximum atomic E-state index is 12.4. The summed E-state index contributed by atoms with van der Waals surface area (Å²) in [6, 6.07) is 1.66. The van der Waals surface area contributed by atoms with Gasteiger partial charge in [-0.2, -0.15) is 9.57 Å². The first kappa shape index (κ1) is 14.9. The average Bonchev–Trinajstić information content (AvgIpc) is 2.58. The Kier molecular flexibility index (Phi) is 4.67. The van der Waals surface area contributed by atoms with E-state index in [0.717, 1.165) is 0 Å². The molecule has 0 aliphatic heterocycles. The van der Waals surface area contributed by atoms with E-state index in [1.54, 1.807) is 20.8 Å². The van der Waals surface area contributed by atoms with E-state index in [2.05, 4.69) is 4.98 Å². The molecule has 18 heavy (non-hydrogen) atoms. The first-order chi connectivity index (χ1) is 8.30. The van der Waals surface area contributed by atoms with Crippen LogP contribution in [0.5, 0.6) is 0 Å². The molecule has 0 saturated carbocycles. The minimum absolute atomic E-state index is 0.0270. The maximum Gasteiger partial charge on any atom is 0.305 e. The summed E-state index contributed by atoms with van der Waals surface area (Å²) in [6.07, 6.45) is 0.121. The molecule has 0 unspecified atom stereocenters. The maximum absolute atomic E-state index is 12.4. The zero-order chi connectivity index (χ0) is 13.9. The number of aryl methyl sites for hydroxylation is 1. The predicted molar refractivity (Wildman–Crippen MR) is 68.9 cm³/mol. The van der Waals surface area contributed by atoms with Gasteiger partial charge in [-0.1, -0.05) is 11.3 Å². The fourth-order valence-corrected chi connectivity index (χ4v) is 4.61. The summed E-state index contributed by atoms with van der Waals surface area (Å²) in [5, 5.41) is 8.57. The minimum Gasteiger partial charge on any atom is -0.315 e. The van der Waals surface area contributed by atoms with Gasteiger partial charge >= 0.3 is 4.87 Å². The van der Waals surface area contributed by atoms with Crippen molar-refractivity contribution in [3.8, 4) is 6.07 Å². The molecule has 0 aliphatic carbocycles. The third kappa shape index (κ3) is 2.98. The quantitative estimate of drug-likeness (QED) is 0.876. The third-order valence-electron chi connectivity index (χ3n) is 2.34. The smallest absolute Gasteiger partial charge is 0.305 e. The van der Waals surface area contributed by atoms with Crippen LogP contribution in [0, 0.1) is 18.3 Å². The van der Waals surface area contributed by atoms with Crippen LogP contribution in [0.1, 0.15) is 26.0 Å². The van der Waals surface area contributed by atoms with Gasteiger partial charge in [-0.15, -0.1) is 0 Å². The Bertz CT molecular complexity index is 607. The van der Waals surface area contributed by atoms with Gasteiger partial charge in [0.1, 0.15) is 0 Å². The first-order valence-electron chi connectivity index (χ1n) is 5.39. The van der Waals surface area contributed by atoms with E-state index in [4.69, 9.17) is 5.26 Å². The van der Waals surface area contributed by atoms with Gasteiger partial charge in [-0.3, -0.25) is 4.79 Å². The number of hydrogen-bond acceptors (Lipinski definition) is 5. The van der Waals surface area contributed by atoms with Crippen LogP contribution in [0.15, 0.2) is 9.00 Å². The second-order valence-corrected chi connectivity index (χ2v) is 7.11. The van der Waals surface area contributed by atoms with Crippen LogP contribution in [0.4, 0.5) is 0 Å². The number of thiazole rings is 1. The lowest BCUT2D eigenvalue weighted by Gasteiger charge is -2.24. The molecular formula is C10H15N3O3S2. The summed E-state index contributed by atoms with van der Waals surface area (Å²) in [5.74, 6) is 0. The Hall–Kier alpha value is -1.17. The van der Waals surface area contributed by atoms with Crippen LogP contribution < -0.4 is 4.87 Å². The number of nitrogens with zero attached hydrogens (tertiary/aromatic N) is 2. The van der Waals surface area contributed by atoms with Crippen LogP contribution in [0.3, 0.4) is 0 Å². The average molecular weight is 289 g/mol. The highest BCUT2D eigenvalue weighted by Gasteiger charge is 2.30. The number of aromatic nitrogens is 1. The molecule has 0 atom stereocenters. The van der Waals surface area contributed by atoms with E-state index < -0.39 is 14.9 Å². The highest BCUT2D eigenvalue weighted by atomic mass is 32.2. The summed E-state index contributed by atoms with van der Waals surface area (Å²) < 4.78 is 26.0. The fourth-order valence-electron chi connectivity index (χ4n) is 1.56. The second-order valence-electron chi connectivity index (χ2n) is 4.04. The lowest BCUT2D eigenvalue weighted by Crippen LogP contribution is -2.37. The standard InChI is InChI=1S/C10H15N3O3S2/c1-7(2)13(6-4-5-11)18(15,16)9-8(3)12-10(14)17-9/h7H,4,6H2,1-3H3,(H,12,14). The number of nitriles is 1. The first-order valence-corrected chi connectivity index (χ1v) is 7.65. The minimum atomic E-state index is -3.71. The Labute approximate surface area is 110 Å². The third-order valence-corrected chi connectivity index (χ3v) is 6.00.